The molecule has 0 radical (unpaired) electrons. The Morgan fingerprint density at radius 2 is 2.21 bits per heavy atom. The molecule has 1 unspecified atom stereocenters. The largest absolute Gasteiger partial charge is 0.398 e. The summed E-state index contributed by atoms with van der Waals surface area (Å²) >= 11 is 1.83. The number of aromatic nitrogens is 2. The lowest BCUT2D eigenvalue weighted by Gasteiger charge is -2.04. The van der Waals surface area contributed by atoms with Crippen molar-refractivity contribution in [2.24, 2.45) is 0 Å². The van der Waals surface area contributed by atoms with Gasteiger partial charge in [-0.25, -0.2) is 0 Å². The fourth-order valence-electron chi connectivity index (χ4n) is 1.54. The summed E-state index contributed by atoms with van der Waals surface area (Å²) in [5.41, 5.74) is 8.55. The van der Waals surface area contributed by atoms with E-state index in [4.69, 9.17) is 10.3 Å². The Morgan fingerprint density at radius 1 is 1.42 bits per heavy atom. The first-order valence-corrected chi connectivity index (χ1v) is 7.45. The topological polar surface area (TPSA) is 64.9 Å². The highest BCUT2D eigenvalue weighted by atomic mass is 32.2. The number of anilines is 1. The van der Waals surface area contributed by atoms with Crippen molar-refractivity contribution < 1.29 is 4.52 Å². The Kier molecular flexibility index (Phi) is 4.47. The number of rotatable bonds is 5. The first-order valence-electron chi connectivity index (χ1n) is 6.40. The maximum atomic E-state index is 5.89. The minimum Gasteiger partial charge on any atom is -0.398 e. The van der Waals surface area contributed by atoms with Crippen molar-refractivity contribution in [3.05, 3.63) is 29.6 Å². The molecule has 0 aliphatic rings. The van der Waals surface area contributed by atoms with Gasteiger partial charge in [0.15, 0.2) is 5.82 Å². The molecule has 0 fully saturated rings. The molecule has 2 aromatic rings. The van der Waals surface area contributed by atoms with Crippen molar-refractivity contribution in [2.45, 2.75) is 38.2 Å². The summed E-state index contributed by atoms with van der Waals surface area (Å²) in [6.07, 6.45) is 1.14. The van der Waals surface area contributed by atoms with Crippen LogP contribution in [0.4, 0.5) is 5.69 Å². The van der Waals surface area contributed by atoms with Gasteiger partial charge in [0.05, 0.1) is 5.75 Å². The summed E-state index contributed by atoms with van der Waals surface area (Å²) in [6.45, 7) is 6.35. The van der Waals surface area contributed by atoms with E-state index < -0.39 is 0 Å². The molecule has 1 aromatic carbocycles. The number of benzene rings is 1. The van der Waals surface area contributed by atoms with Gasteiger partial charge in [-0.2, -0.15) is 16.7 Å². The molecular weight excluding hydrogens is 258 g/mol. The normalized spacial score (nSPS) is 12.6. The highest BCUT2D eigenvalue weighted by Crippen LogP contribution is 2.24. The molecule has 2 N–H and O–H groups in total. The van der Waals surface area contributed by atoms with E-state index in [1.165, 1.54) is 0 Å². The third-order valence-corrected chi connectivity index (χ3v) is 4.39. The van der Waals surface area contributed by atoms with Crippen molar-refractivity contribution in [2.75, 3.05) is 5.73 Å². The first-order chi connectivity index (χ1) is 9.10. The average Bonchev–Trinajstić information content (AvgIpc) is 2.88. The van der Waals surface area contributed by atoms with Gasteiger partial charge >= 0.3 is 0 Å². The van der Waals surface area contributed by atoms with Gasteiger partial charge in [-0.1, -0.05) is 25.1 Å². The molecule has 0 bridgehead atoms. The van der Waals surface area contributed by atoms with Gasteiger partial charge in [-0.3, -0.25) is 0 Å². The van der Waals surface area contributed by atoms with E-state index in [0.717, 1.165) is 34.8 Å². The van der Waals surface area contributed by atoms with Gasteiger partial charge in [0.25, 0.3) is 5.89 Å². The van der Waals surface area contributed by atoms with Crippen LogP contribution >= 0.6 is 11.8 Å². The van der Waals surface area contributed by atoms with Crippen molar-refractivity contribution in [1.82, 2.24) is 10.1 Å². The first kappa shape index (κ1) is 13.9. The van der Waals surface area contributed by atoms with Crippen LogP contribution in [0.1, 0.15) is 31.7 Å². The van der Waals surface area contributed by atoms with Gasteiger partial charge in [-0.15, -0.1) is 0 Å². The van der Waals surface area contributed by atoms with Crippen LogP contribution in [0.25, 0.3) is 11.5 Å². The highest BCUT2D eigenvalue weighted by molar-refractivity contribution is 7.99. The number of nitrogens with zero attached hydrogens (tertiary/aromatic N) is 2. The van der Waals surface area contributed by atoms with Gasteiger partial charge in [0.1, 0.15) is 0 Å². The molecule has 1 aromatic heterocycles. The molecule has 0 amide bonds. The average molecular weight is 277 g/mol. The molecule has 1 heterocycles. The number of nitrogen functional groups attached to an aromatic ring is 1. The van der Waals surface area contributed by atoms with Gasteiger partial charge < -0.3 is 10.3 Å². The van der Waals surface area contributed by atoms with Crippen molar-refractivity contribution in [3.8, 4) is 11.5 Å². The van der Waals surface area contributed by atoms with E-state index in [0.29, 0.717) is 11.1 Å². The fourth-order valence-corrected chi connectivity index (χ4v) is 2.32. The summed E-state index contributed by atoms with van der Waals surface area (Å²) < 4.78 is 5.28. The van der Waals surface area contributed by atoms with Crippen LogP contribution in [0.15, 0.2) is 22.7 Å². The number of hydrogen-bond acceptors (Lipinski definition) is 5. The zero-order valence-electron chi connectivity index (χ0n) is 11.5. The SMILES string of the molecule is CCC(C)SCc1noc(-c2ccc(C)c(N)c2)n1. The van der Waals surface area contributed by atoms with Crippen LogP contribution in [0.2, 0.25) is 0 Å². The number of hydrogen-bond donors (Lipinski definition) is 1. The second-order valence-corrected chi connectivity index (χ2v) is 6.04. The molecule has 4 nitrogen and oxygen atoms in total. The van der Waals surface area contributed by atoms with E-state index in [1.807, 2.05) is 36.9 Å². The Balaban J connectivity index is 2.09. The van der Waals surface area contributed by atoms with E-state index in [-0.39, 0.29) is 0 Å². The second-order valence-electron chi connectivity index (χ2n) is 4.62. The van der Waals surface area contributed by atoms with Crippen LogP contribution < -0.4 is 5.73 Å². The van der Waals surface area contributed by atoms with Crippen LogP contribution in [-0.4, -0.2) is 15.4 Å². The monoisotopic (exact) mass is 277 g/mol. The second kappa shape index (κ2) is 6.10. The van der Waals surface area contributed by atoms with Crippen molar-refractivity contribution >= 4 is 17.4 Å². The summed E-state index contributed by atoms with van der Waals surface area (Å²) in [5.74, 6) is 2.05. The predicted molar refractivity (Wildman–Crippen MR) is 79.9 cm³/mol. The molecule has 0 aliphatic heterocycles. The maximum absolute atomic E-state index is 5.89. The summed E-state index contributed by atoms with van der Waals surface area (Å²) in [5, 5.41) is 4.61. The third kappa shape index (κ3) is 3.50. The molecule has 1 atom stereocenters. The van der Waals surface area contributed by atoms with E-state index in [9.17, 15) is 0 Å². The molecule has 2 rings (SSSR count). The standard InChI is InChI=1S/C14H19N3OS/c1-4-10(3)19-8-13-16-14(18-17-13)11-6-5-9(2)12(15)7-11/h5-7,10H,4,8,15H2,1-3H3. The van der Waals surface area contributed by atoms with Gasteiger partial charge in [0.2, 0.25) is 0 Å². The van der Waals surface area contributed by atoms with Crippen LogP contribution in [0, 0.1) is 6.92 Å². The minimum absolute atomic E-state index is 0.534. The van der Waals surface area contributed by atoms with Gasteiger partial charge in [-0.05, 0) is 31.0 Å². The zero-order chi connectivity index (χ0) is 13.8. The fraction of sp³-hybridized carbons (Fsp3) is 0.429. The minimum atomic E-state index is 0.534. The lowest BCUT2D eigenvalue weighted by molar-refractivity contribution is 0.425. The lowest BCUT2D eigenvalue weighted by Crippen LogP contribution is -1.95. The van der Waals surface area contributed by atoms with E-state index >= 15 is 0 Å². The smallest absolute Gasteiger partial charge is 0.258 e. The van der Waals surface area contributed by atoms with E-state index in [1.54, 1.807) is 0 Å². The van der Waals surface area contributed by atoms with Crippen LogP contribution in [0.5, 0.6) is 0 Å². The summed E-state index contributed by atoms with van der Waals surface area (Å²) in [6, 6.07) is 5.78. The number of aryl methyl sites for hydroxylation is 1. The molecule has 5 heteroatoms. The lowest BCUT2D eigenvalue weighted by atomic mass is 10.1. The number of thioether (sulfide) groups is 1. The van der Waals surface area contributed by atoms with Crippen molar-refractivity contribution in [3.63, 3.8) is 0 Å². The third-order valence-electron chi connectivity index (χ3n) is 3.07. The van der Waals surface area contributed by atoms with Crippen molar-refractivity contribution in [1.29, 1.82) is 0 Å². The number of nitrogens with two attached hydrogens (primary N) is 1. The molecule has 0 aliphatic carbocycles. The maximum Gasteiger partial charge on any atom is 0.258 e. The molecule has 0 saturated heterocycles. The highest BCUT2D eigenvalue weighted by Gasteiger charge is 2.10. The predicted octanol–water partition coefficient (Wildman–Crippen LogP) is 3.66. The Labute approximate surface area is 117 Å². The summed E-state index contributed by atoms with van der Waals surface area (Å²) in [4.78, 5) is 4.40. The van der Waals surface area contributed by atoms with E-state index in [2.05, 4.69) is 24.0 Å². The molecule has 0 spiro atoms. The van der Waals surface area contributed by atoms with Gasteiger partial charge in [0, 0.05) is 16.5 Å². The molecule has 102 valence electrons. The van der Waals surface area contributed by atoms with Crippen LogP contribution in [0.3, 0.4) is 0 Å². The summed E-state index contributed by atoms with van der Waals surface area (Å²) in [7, 11) is 0. The Bertz CT molecular complexity index is 553. The Morgan fingerprint density at radius 3 is 2.89 bits per heavy atom. The molecule has 19 heavy (non-hydrogen) atoms. The van der Waals surface area contributed by atoms with Crippen LogP contribution in [-0.2, 0) is 5.75 Å². The Hall–Kier alpha value is -1.49. The quantitative estimate of drug-likeness (QED) is 0.845. The zero-order valence-corrected chi connectivity index (χ0v) is 12.3. The molecule has 0 saturated carbocycles. The molecular formula is C14H19N3OS.